The van der Waals surface area contributed by atoms with Crippen LogP contribution in [0.3, 0.4) is 0 Å². The smallest absolute Gasteiger partial charge is 0.147 e. The molecule has 0 bridgehead atoms. The molecule has 66 valence electrons. The topological polar surface area (TPSA) is 17.1 Å². The van der Waals surface area contributed by atoms with Gasteiger partial charge in [0.05, 0.1) is 5.41 Å². The zero-order valence-electron chi connectivity index (χ0n) is 7.55. The molecule has 3 rings (SSSR count). The molecule has 1 saturated carbocycles. The number of ketones is 1. The Bertz CT molecular complexity index is 374. The van der Waals surface area contributed by atoms with Gasteiger partial charge in [-0.2, -0.15) is 0 Å². The summed E-state index contributed by atoms with van der Waals surface area (Å²) in [5.74, 6) is 0.458. The fourth-order valence-electron chi connectivity index (χ4n) is 2.71. The summed E-state index contributed by atoms with van der Waals surface area (Å²) in [5, 5.41) is 0. The molecule has 1 heteroatoms. The van der Waals surface area contributed by atoms with Crippen LogP contribution < -0.4 is 0 Å². The lowest BCUT2D eigenvalue weighted by molar-refractivity contribution is -0.125. The molecule has 1 aromatic carbocycles. The van der Waals surface area contributed by atoms with E-state index in [9.17, 15) is 4.79 Å². The van der Waals surface area contributed by atoms with Gasteiger partial charge >= 0.3 is 0 Å². The van der Waals surface area contributed by atoms with Crippen LogP contribution in [0.5, 0.6) is 0 Å². The second kappa shape index (κ2) is 2.22. The van der Waals surface area contributed by atoms with E-state index in [1.807, 2.05) is 6.07 Å². The summed E-state index contributed by atoms with van der Waals surface area (Å²) >= 11 is 0. The normalized spacial score (nSPS) is 22.9. The maximum atomic E-state index is 11.8. The molecule has 1 aromatic rings. The molecule has 0 N–H and O–H groups in total. The van der Waals surface area contributed by atoms with Gasteiger partial charge in [0.25, 0.3) is 0 Å². The lowest BCUT2D eigenvalue weighted by Crippen LogP contribution is -2.39. The third kappa shape index (κ3) is 0.749. The van der Waals surface area contributed by atoms with Crippen molar-refractivity contribution in [2.24, 2.45) is 0 Å². The van der Waals surface area contributed by atoms with Crippen LogP contribution in [0.2, 0.25) is 0 Å². The number of carbonyl (C=O) groups is 1. The van der Waals surface area contributed by atoms with Crippen molar-refractivity contribution in [3.8, 4) is 0 Å². The van der Waals surface area contributed by atoms with Gasteiger partial charge in [-0.15, -0.1) is 0 Å². The zero-order chi connectivity index (χ0) is 8.89. The lowest BCUT2D eigenvalue weighted by Gasteiger charge is -2.37. The maximum absolute atomic E-state index is 11.8. The van der Waals surface area contributed by atoms with Crippen molar-refractivity contribution < 1.29 is 4.79 Å². The molecule has 0 aliphatic heterocycles. The number of carbonyl (C=O) groups excluding carboxylic acids is 1. The third-order valence-electron chi connectivity index (χ3n) is 3.62. The van der Waals surface area contributed by atoms with Gasteiger partial charge in [0, 0.05) is 6.42 Å². The average Bonchev–Trinajstić information content (AvgIpc) is 2.35. The largest absolute Gasteiger partial charge is 0.298 e. The molecule has 1 fully saturated rings. The first kappa shape index (κ1) is 7.31. The van der Waals surface area contributed by atoms with E-state index in [0.29, 0.717) is 12.2 Å². The molecular formula is C12H12O. The Labute approximate surface area is 77.8 Å². The maximum Gasteiger partial charge on any atom is 0.147 e. The first-order valence-electron chi connectivity index (χ1n) is 4.95. The van der Waals surface area contributed by atoms with Gasteiger partial charge in [0.15, 0.2) is 0 Å². The number of fused-ring (bicyclic) bond motifs is 2. The number of Topliss-reactive ketones (excluding diaryl/α,β-unsaturated/α-hetero) is 1. The Morgan fingerprint density at radius 2 is 1.92 bits per heavy atom. The van der Waals surface area contributed by atoms with Gasteiger partial charge in [-0.1, -0.05) is 30.7 Å². The van der Waals surface area contributed by atoms with E-state index in [1.54, 1.807) is 0 Å². The predicted octanol–water partition coefficient (Wildman–Crippen LogP) is 2.23. The summed E-state index contributed by atoms with van der Waals surface area (Å²) in [5.41, 5.74) is 2.56. The van der Waals surface area contributed by atoms with Crippen LogP contribution >= 0.6 is 0 Å². The van der Waals surface area contributed by atoms with Crippen molar-refractivity contribution in [2.75, 3.05) is 0 Å². The summed E-state index contributed by atoms with van der Waals surface area (Å²) in [7, 11) is 0. The van der Waals surface area contributed by atoms with Crippen molar-refractivity contribution in [2.45, 2.75) is 31.1 Å². The standard InChI is InChI=1S/C12H12O/c13-11-8-9-4-1-2-5-10(9)12(11)6-3-7-12/h1-2,4-5H,3,6-8H2. The highest BCUT2D eigenvalue weighted by Gasteiger charge is 2.49. The van der Waals surface area contributed by atoms with Gasteiger partial charge in [-0.3, -0.25) is 4.79 Å². The molecule has 0 unspecified atom stereocenters. The molecule has 13 heavy (non-hydrogen) atoms. The first-order chi connectivity index (χ1) is 6.33. The Morgan fingerprint density at radius 1 is 1.15 bits per heavy atom. The summed E-state index contributed by atoms with van der Waals surface area (Å²) in [6.45, 7) is 0. The van der Waals surface area contributed by atoms with E-state index in [-0.39, 0.29) is 5.41 Å². The molecule has 0 amide bonds. The monoisotopic (exact) mass is 172 g/mol. The van der Waals surface area contributed by atoms with E-state index in [0.717, 1.165) is 12.8 Å². The Kier molecular flexibility index (Phi) is 1.25. The molecule has 0 aromatic heterocycles. The van der Waals surface area contributed by atoms with E-state index in [2.05, 4.69) is 18.2 Å². The minimum atomic E-state index is -0.0312. The Morgan fingerprint density at radius 3 is 2.62 bits per heavy atom. The summed E-state index contributed by atoms with van der Waals surface area (Å²) < 4.78 is 0. The second-order valence-electron chi connectivity index (χ2n) is 4.19. The Balaban J connectivity index is 2.20. The molecule has 1 nitrogen and oxygen atoms in total. The lowest BCUT2D eigenvalue weighted by atomic mass is 9.65. The molecule has 0 radical (unpaired) electrons. The fourth-order valence-corrected chi connectivity index (χ4v) is 2.71. The number of benzene rings is 1. The second-order valence-corrected chi connectivity index (χ2v) is 4.19. The predicted molar refractivity (Wildman–Crippen MR) is 50.7 cm³/mol. The number of hydrogen-bond donors (Lipinski definition) is 0. The SMILES string of the molecule is O=C1Cc2ccccc2C12CCC2. The van der Waals surface area contributed by atoms with Gasteiger partial charge in [-0.05, 0) is 24.0 Å². The highest BCUT2D eigenvalue weighted by molar-refractivity contribution is 5.97. The van der Waals surface area contributed by atoms with Gasteiger partial charge in [0.2, 0.25) is 0 Å². The minimum absolute atomic E-state index is 0.0312. The van der Waals surface area contributed by atoms with Crippen LogP contribution in [-0.2, 0) is 16.6 Å². The average molecular weight is 172 g/mol. The van der Waals surface area contributed by atoms with E-state index >= 15 is 0 Å². The molecule has 2 aliphatic carbocycles. The van der Waals surface area contributed by atoms with Crippen LogP contribution in [0.4, 0.5) is 0 Å². The minimum Gasteiger partial charge on any atom is -0.298 e. The van der Waals surface area contributed by atoms with Gasteiger partial charge in [-0.25, -0.2) is 0 Å². The number of hydrogen-bond acceptors (Lipinski definition) is 1. The highest BCUT2D eigenvalue weighted by atomic mass is 16.1. The van der Waals surface area contributed by atoms with E-state index < -0.39 is 0 Å². The molecule has 0 saturated heterocycles. The number of rotatable bonds is 0. The summed E-state index contributed by atoms with van der Waals surface area (Å²) in [6, 6.07) is 8.32. The highest BCUT2D eigenvalue weighted by Crippen LogP contribution is 2.50. The summed E-state index contributed by atoms with van der Waals surface area (Å²) in [4.78, 5) is 11.8. The first-order valence-corrected chi connectivity index (χ1v) is 4.95. The molecule has 0 heterocycles. The molecule has 0 atom stereocenters. The van der Waals surface area contributed by atoms with E-state index in [1.165, 1.54) is 17.5 Å². The van der Waals surface area contributed by atoms with Crippen LogP contribution in [0, 0.1) is 0 Å². The quantitative estimate of drug-likeness (QED) is 0.586. The van der Waals surface area contributed by atoms with Gasteiger partial charge in [0.1, 0.15) is 5.78 Å². The van der Waals surface area contributed by atoms with Crippen molar-refractivity contribution in [1.29, 1.82) is 0 Å². The van der Waals surface area contributed by atoms with Crippen molar-refractivity contribution in [3.05, 3.63) is 35.4 Å². The summed E-state index contributed by atoms with van der Waals surface area (Å²) in [6.07, 6.45) is 4.07. The van der Waals surface area contributed by atoms with Crippen LogP contribution in [0.1, 0.15) is 30.4 Å². The molecule has 2 aliphatic rings. The third-order valence-corrected chi connectivity index (χ3v) is 3.62. The van der Waals surface area contributed by atoms with Crippen LogP contribution in [0.15, 0.2) is 24.3 Å². The zero-order valence-corrected chi connectivity index (χ0v) is 7.55. The van der Waals surface area contributed by atoms with Crippen LogP contribution in [-0.4, -0.2) is 5.78 Å². The molecule has 1 spiro atoms. The van der Waals surface area contributed by atoms with Crippen molar-refractivity contribution in [1.82, 2.24) is 0 Å². The molecular weight excluding hydrogens is 160 g/mol. The fraction of sp³-hybridized carbons (Fsp3) is 0.417. The van der Waals surface area contributed by atoms with Crippen molar-refractivity contribution >= 4 is 5.78 Å². The van der Waals surface area contributed by atoms with Crippen LogP contribution in [0.25, 0.3) is 0 Å². The van der Waals surface area contributed by atoms with Crippen molar-refractivity contribution in [3.63, 3.8) is 0 Å². The van der Waals surface area contributed by atoms with E-state index in [4.69, 9.17) is 0 Å². The Hall–Kier alpha value is -1.11. The van der Waals surface area contributed by atoms with Gasteiger partial charge < -0.3 is 0 Å².